The van der Waals surface area contributed by atoms with Gasteiger partial charge >= 0.3 is 0 Å². The summed E-state index contributed by atoms with van der Waals surface area (Å²) >= 11 is 0. The molecular formula is C25H16N2O9S2. The topological polar surface area (TPSA) is 185 Å². The fourth-order valence-electron chi connectivity index (χ4n) is 4.29. The Morgan fingerprint density at radius 3 is 2.00 bits per heavy atom. The predicted octanol–water partition coefficient (Wildman–Crippen LogP) is 3.14. The zero-order valence-electron chi connectivity index (χ0n) is 19.0. The summed E-state index contributed by atoms with van der Waals surface area (Å²) in [5.41, 5.74) is 0.811. The number of pyridine rings is 1. The van der Waals surface area contributed by atoms with Crippen molar-refractivity contribution in [3.8, 4) is 0 Å². The van der Waals surface area contributed by atoms with Crippen LogP contribution in [0.25, 0.3) is 10.9 Å². The second kappa shape index (κ2) is 8.92. The lowest BCUT2D eigenvalue weighted by molar-refractivity contribution is 0.0887. The number of Topliss-reactive ketones (excluding diaryl/α,β-unsaturated/α-hetero) is 2. The van der Waals surface area contributed by atoms with Crippen LogP contribution in [0.2, 0.25) is 0 Å². The Labute approximate surface area is 215 Å². The fourth-order valence-corrected chi connectivity index (χ4v) is 6.08. The number of nitrogens with one attached hydrogen (secondary N) is 1. The van der Waals surface area contributed by atoms with Gasteiger partial charge < -0.3 is 5.32 Å². The van der Waals surface area contributed by atoms with Crippen molar-refractivity contribution in [2.24, 2.45) is 0 Å². The van der Waals surface area contributed by atoms with Crippen molar-refractivity contribution in [3.05, 3.63) is 95.2 Å². The van der Waals surface area contributed by atoms with E-state index in [2.05, 4.69) is 10.3 Å². The minimum absolute atomic E-state index is 0.150. The van der Waals surface area contributed by atoms with Gasteiger partial charge in [0.05, 0.1) is 16.9 Å². The molecule has 11 nitrogen and oxygen atoms in total. The van der Waals surface area contributed by atoms with Gasteiger partial charge in [-0.25, -0.2) is 4.98 Å². The Hall–Kier alpha value is -4.30. The number of carbonyl (C=O) groups is 3. The Balaban J connectivity index is 1.53. The first-order valence-electron chi connectivity index (χ1n) is 10.8. The maximum Gasteiger partial charge on any atom is 0.295 e. The van der Waals surface area contributed by atoms with Crippen LogP contribution in [0.4, 0.5) is 5.69 Å². The van der Waals surface area contributed by atoms with Crippen molar-refractivity contribution >= 4 is 54.3 Å². The van der Waals surface area contributed by atoms with Gasteiger partial charge in [0.1, 0.15) is 15.7 Å². The van der Waals surface area contributed by atoms with E-state index in [9.17, 15) is 40.3 Å². The van der Waals surface area contributed by atoms with Crippen molar-refractivity contribution in [2.45, 2.75) is 15.7 Å². The van der Waals surface area contributed by atoms with Gasteiger partial charge in [0, 0.05) is 22.1 Å². The Morgan fingerprint density at radius 2 is 1.39 bits per heavy atom. The average Bonchev–Trinajstić information content (AvgIpc) is 3.12. The van der Waals surface area contributed by atoms with Gasteiger partial charge in [-0.2, -0.15) is 16.8 Å². The molecule has 5 rings (SSSR count). The molecule has 4 aromatic rings. The Morgan fingerprint density at radius 1 is 0.763 bits per heavy atom. The van der Waals surface area contributed by atoms with Crippen molar-refractivity contribution in [1.82, 2.24) is 4.98 Å². The molecule has 192 valence electrons. The van der Waals surface area contributed by atoms with Gasteiger partial charge in [-0.1, -0.05) is 42.5 Å². The van der Waals surface area contributed by atoms with E-state index in [1.54, 1.807) is 48.5 Å². The number of carbonyl (C=O) groups excluding carboxylic acids is 3. The second-order valence-corrected chi connectivity index (χ2v) is 11.2. The normalized spacial score (nSPS) is 14.1. The van der Waals surface area contributed by atoms with Crippen LogP contribution in [0.5, 0.6) is 0 Å². The molecule has 0 spiro atoms. The third kappa shape index (κ3) is 4.37. The minimum Gasteiger partial charge on any atom is -0.320 e. The van der Waals surface area contributed by atoms with Crippen LogP contribution in [-0.4, -0.2) is 48.4 Å². The average molecular weight is 553 g/mol. The first-order chi connectivity index (χ1) is 17.9. The van der Waals surface area contributed by atoms with E-state index in [1.165, 1.54) is 6.07 Å². The van der Waals surface area contributed by atoms with Crippen LogP contribution in [0.15, 0.2) is 82.6 Å². The molecule has 3 N–H and O–H groups in total. The fraction of sp³-hybridized carbons (Fsp3) is 0.0400. The number of hydrogen-bond donors (Lipinski definition) is 3. The van der Waals surface area contributed by atoms with E-state index < -0.39 is 53.4 Å². The van der Waals surface area contributed by atoms with Gasteiger partial charge in [0.2, 0.25) is 0 Å². The molecule has 0 unspecified atom stereocenters. The molecule has 0 fully saturated rings. The highest BCUT2D eigenvalue weighted by Crippen LogP contribution is 2.34. The first-order valence-corrected chi connectivity index (χ1v) is 13.7. The highest BCUT2D eigenvalue weighted by Gasteiger charge is 2.40. The summed E-state index contributed by atoms with van der Waals surface area (Å²) in [5, 5.41) is 3.09. The quantitative estimate of drug-likeness (QED) is 0.245. The maximum atomic E-state index is 13.0. The van der Waals surface area contributed by atoms with Gasteiger partial charge in [-0.3, -0.25) is 23.5 Å². The zero-order chi connectivity index (χ0) is 27.4. The van der Waals surface area contributed by atoms with E-state index in [-0.39, 0.29) is 22.5 Å². The van der Waals surface area contributed by atoms with Crippen LogP contribution < -0.4 is 5.32 Å². The maximum absolute atomic E-state index is 13.0. The highest BCUT2D eigenvalue weighted by atomic mass is 32.2. The smallest absolute Gasteiger partial charge is 0.295 e. The van der Waals surface area contributed by atoms with E-state index in [1.807, 2.05) is 0 Å². The van der Waals surface area contributed by atoms with Gasteiger partial charge in [0.15, 0.2) is 11.6 Å². The summed E-state index contributed by atoms with van der Waals surface area (Å²) in [6, 6.07) is 16.6. The summed E-state index contributed by atoms with van der Waals surface area (Å²) in [7, 11) is -10.1. The number of para-hydroxylation sites is 1. The molecule has 0 radical (unpaired) electrons. The molecule has 38 heavy (non-hydrogen) atoms. The third-order valence-corrected chi connectivity index (χ3v) is 7.96. The van der Waals surface area contributed by atoms with Crippen molar-refractivity contribution in [3.63, 3.8) is 0 Å². The molecular weight excluding hydrogens is 536 g/mol. The van der Waals surface area contributed by atoms with E-state index in [4.69, 9.17) is 0 Å². The number of aromatic nitrogens is 1. The largest absolute Gasteiger partial charge is 0.320 e. The molecule has 1 aromatic heterocycles. The Bertz CT molecular complexity index is 1880. The van der Waals surface area contributed by atoms with Crippen LogP contribution in [0.1, 0.15) is 42.7 Å². The lowest BCUT2D eigenvalue weighted by Crippen LogP contribution is -2.16. The van der Waals surface area contributed by atoms with Crippen LogP contribution in [-0.2, 0) is 20.2 Å². The second-order valence-electron chi connectivity index (χ2n) is 8.39. The van der Waals surface area contributed by atoms with Crippen LogP contribution in [0.3, 0.4) is 0 Å². The molecule has 1 amide bonds. The lowest BCUT2D eigenvalue weighted by Gasteiger charge is -2.12. The monoisotopic (exact) mass is 552 g/mol. The summed E-state index contributed by atoms with van der Waals surface area (Å²) < 4.78 is 65.1. The van der Waals surface area contributed by atoms with E-state index >= 15 is 0 Å². The van der Waals surface area contributed by atoms with E-state index in [0.717, 1.165) is 6.07 Å². The number of hydrogen-bond acceptors (Lipinski definition) is 8. The summed E-state index contributed by atoms with van der Waals surface area (Å²) in [4.78, 5) is 41.1. The predicted molar refractivity (Wildman–Crippen MR) is 134 cm³/mol. The molecule has 0 atom stereocenters. The number of nitrogens with zero attached hydrogens (tertiary/aromatic N) is 1. The SMILES string of the molecule is O=C(Nc1cccc2ccc(C3C(=O)c4ccccc4C3=O)nc12)c1ccc(S(=O)(=O)O)c(S(=O)(=O)O)c1. The molecule has 0 saturated heterocycles. The van der Waals surface area contributed by atoms with E-state index in [0.29, 0.717) is 28.6 Å². The molecule has 1 heterocycles. The minimum atomic E-state index is -5.12. The van der Waals surface area contributed by atoms with Crippen LogP contribution >= 0.6 is 0 Å². The number of benzene rings is 3. The summed E-state index contributed by atoms with van der Waals surface area (Å²) in [6.45, 7) is 0. The zero-order valence-corrected chi connectivity index (χ0v) is 20.7. The summed E-state index contributed by atoms with van der Waals surface area (Å²) in [6.07, 6.45) is 0. The highest BCUT2D eigenvalue weighted by molar-refractivity contribution is 7.89. The molecule has 0 bridgehead atoms. The van der Waals surface area contributed by atoms with Crippen molar-refractivity contribution in [1.29, 1.82) is 0 Å². The van der Waals surface area contributed by atoms with Gasteiger partial charge in [-0.15, -0.1) is 0 Å². The number of rotatable bonds is 5. The number of anilines is 1. The van der Waals surface area contributed by atoms with Gasteiger partial charge in [-0.05, 0) is 30.3 Å². The third-order valence-electron chi connectivity index (χ3n) is 6.03. The molecule has 3 aromatic carbocycles. The molecule has 0 saturated carbocycles. The first kappa shape index (κ1) is 25.4. The number of ketones is 2. The van der Waals surface area contributed by atoms with Gasteiger partial charge in [0.25, 0.3) is 26.1 Å². The Kier molecular flexibility index (Phi) is 5.95. The van der Waals surface area contributed by atoms with Crippen LogP contribution in [0, 0.1) is 0 Å². The molecule has 0 aliphatic heterocycles. The lowest BCUT2D eigenvalue weighted by atomic mass is 9.98. The van der Waals surface area contributed by atoms with Crippen molar-refractivity contribution in [2.75, 3.05) is 5.32 Å². The standard InChI is InChI=1S/C25H16N2O9S2/c28-23-15-5-1-2-6-16(15)24(29)21(23)17-10-8-13-4-3-7-18(22(13)26-17)27-25(30)14-9-11-19(37(31,32)33)20(12-14)38(34,35)36/h1-12,21H,(H,27,30)(H,31,32,33)(H,34,35,36). The molecule has 13 heteroatoms. The molecule has 1 aliphatic rings. The molecule has 1 aliphatic carbocycles. The number of amides is 1. The summed E-state index contributed by atoms with van der Waals surface area (Å²) in [5.74, 6) is -2.82. The number of fused-ring (bicyclic) bond motifs is 2. The van der Waals surface area contributed by atoms with Crippen molar-refractivity contribution < 1.29 is 40.3 Å².